The van der Waals surface area contributed by atoms with Gasteiger partial charge in [-0.2, -0.15) is 0 Å². The largest absolute Gasteiger partial charge is 0.508 e. The Morgan fingerprint density at radius 1 is 1.26 bits per heavy atom. The predicted molar refractivity (Wildman–Crippen MR) is 71.1 cm³/mol. The van der Waals surface area contributed by atoms with Crippen molar-refractivity contribution >= 4 is 5.91 Å². The topological polar surface area (TPSA) is 60.8 Å². The van der Waals surface area contributed by atoms with Crippen molar-refractivity contribution in [3.8, 4) is 5.75 Å². The number of piperidine rings is 1. The number of carbonyl (C=O) groups excluding carboxylic acids is 1. The van der Waals surface area contributed by atoms with E-state index < -0.39 is 0 Å². The van der Waals surface area contributed by atoms with E-state index in [0.29, 0.717) is 18.4 Å². The number of fused-ring (bicyclic) bond motifs is 2. The Morgan fingerprint density at radius 3 is 2.47 bits per heavy atom. The van der Waals surface area contributed by atoms with Crippen LogP contribution in [0.5, 0.6) is 5.75 Å². The first kappa shape index (κ1) is 12.5. The van der Waals surface area contributed by atoms with E-state index in [2.05, 4.69) is 0 Å². The number of amides is 1. The lowest BCUT2D eigenvalue weighted by Gasteiger charge is -2.37. The molecule has 19 heavy (non-hydrogen) atoms. The molecule has 2 aliphatic rings. The van der Waals surface area contributed by atoms with E-state index in [4.69, 9.17) is 0 Å². The van der Waals surface area contributed by atoms with Gasteiger partial charge in [-0.3, -0.25) is 4.79 Å². The number of aliphatic hydroxyl groups is 1. The van der Waals surface area contributed by atoms with Gasteiger partial charge in [0.25, 0.3) is 5.91 Å². The van der Waals surface area contributed by atoms with Crippen LogP contribution in [-0.2, 0) is 0 Å². The fourth-order valence-corrected chi connectivity index (χ4v) is 3.42. The Morgan fingerprint density at radius 2 is 1.89 bits per heavy atom. The lowest BCUT2D eigenvalue weighted by Crippen LogP contribution is -2.48. The van der Waals surface area contributed by atoms with Crippen LogP contribution in [0.3, 0.4) is 0 Å². The normalized spacial score (nSPS) is 29.6. The molecular formula is C15H19NO3. The summed E-state index contributed by atoms with van der Waals surface area (Å²) in [7, 11) is 0. The van der Waals surface area contributed by atoms with Crippen molar-refractivity contribution in [2.24, 2.45) is 0 Å². The molecule has 4 heteroatoms. The van der Waals surface area contributed by atoms with Gasteiger partial charge in [0, 0.05) is 17.6 Å². The average Bonchev–Trinajstić information content (AvgIpc) is 2.64. The summed E-state index contributed by atoms with van der Waals surface area (Å²) >= 11 is 0. The van der Waals surface area contributed by atoms with Crippen LogP contribution < -0.4 is 0 Å². The fourth-order valence-electron chi connectivity index (χ4n) is 3.42. The first-order valence-corrected chi connectivity index (χ1v) is 6.86. The van der Waals surface area contributed by atoms with E-state index in [-0.39, 0.29) is 29.8 Å². The molecule has 2 atom stereocenters. The first-order chi connectivity index (χ1) is 9.06. The summed E-state index contributed by atoms with van der Waals surface area (Å²) in [6.07, 6.45) is 3.11. The minimum atomic E-state index is -0.261. The Kier molecular flexibility index (Phi) is 2.97. The van der Waals surface area contributed by atoms with Crippen molar-refractivity contribution in [3.63, 3.8) is 0 Å². The molecule has 1 aromatic rings. The van der Waals surface area contributed by atoms with Crippen LogP contribution in [0.25, 0.3) is 0 Å². The molecule has 2 unspecified atom stereocenters. The van der Waals surface area contributed by atoms with Crippen molar-refractivity contribution in [1.82, 2.24) is 4.90 Å². The molecule has 2 N–H and O–H groups in total. The van der Waals surface area contributed by atoms with Crippen LogP contribution in [0, 0.1) is 6.92 Å². The van der Waals surface area contributed by atoms with Crippen LogP contribution >= 0.6 is 0 Å². The molecule has 2 bridgehead atoms. The zero-order valence-corrected chi connectivity index (χ0v) is 11.0. The van der Waals surface area contributed by atoms with Crippen molar-refractivity contribution in [2.45, 2.75) is 50.8 Å². The molecule has 3 rings (SSSR count). The van der Waals surface area contributed by atoms with E-state index in [0.717, 1.165) is 18.4 Å². The van der Waals surface area contributed by atoms with Gasteiger partial charge in [0.2, 0.25) is 0 Å². The quantitative estimate of drug-likeness (QED) is 0.810. The lowest BCUT2D eigenvalue weighted by atomic mass is 9.98. The third kappa shape index (κ3) is 2.10. The van der Waals surface area contributed by atoms with E-state index >= 15 is 0 Å². The molecule has 1 amide bonds. The molecule has 2 saturated heterocycles. The van der Waals surface area contributed by atoms with Crippen LogP contribution in [0.15, 0.2) is 18.2 Å². The van der Waals surface area contributed by atoms with Gasteiger partial charge in [-0.1, -0.05) is 0 Å². The fraction of sp³-hybridized carbons (Fsp3) is 0.533. The Labute approximate surface area is 112 Å². The first-order valence-electron chi connectivity index (χ1n) is 6.86. The second kappa shape index (κ2) is 4.53. The van der Waals surface area contributed by atoms with Crippen molar-refractivity contribution < 1.29 is 15.0 Å². The third-order valence-electron chi connectivity index (χ3n) is 4.39. The van der Waals surface area contributed by atoms with Crippen LogP contribution in [0.2, 0.25) is 0 Å². The number of phenols is 1. The number of hydrogen-bond donors (Lipinski definition) is 2. The number of rotatable bonds is 1. The highest BCUT2D eigenvalue weighted by atomic mass is 16.3. The summed E-state index contributed by atoms with van der Waals surface area (Å²) in [6.45, 7) is 1.79. The highest BCUT2D eigenvalue weighted by Crippen LogP contribution is 2.37. The van der Waals surface area contributed by atoms with E-state index in [1.54, 1.807) is 25.1 Å². The Bertz CT molecular complexity index is 500. The number of aromatic hydroxyl groups is 1. The van der Waals surface area contributed by atoms with Crippen LogP contribution in [0.4, 0.5) is 0 Å². The standard InChI is InChI=1S/C15H19NO3/c1-9-6-10(2-5-14(9)18)15(19)16-11-3-4-12(16)8-13(17)7-11/h2,5-6,11-13,17-18H,3-4,7-8H2,1H3. The maximum Gasteiger partial charge on any atom is 0.254 e. The van der Waals surface area contributed by atoms with Gasteiger partial charge in [0.15, 0.2) is 0 Å². The smallest absolute Gasteiger partial charge is 0.254 e. The minimum Gasteiger partial charge on any atom is -0.508 e. The molecular weight excluding hydrogens is 242 g/mol. The average molecular weight is 261 g/mol. The Hall–Kier alpha value is -1.55. The second-order valence-electron chi connectivity index (χ2n) is 5.72. The number of benzene rings is 1. The highest BCUT2D eigenvalue weighted by Gasteiger charge is 2.42. The molecule has 1 aromatic carbocycles. The molecule has 0 aliphatic carbocycles. The van der Waals surface area contributed by atoms with Crippen molar-refractivity contribution in [3.05, 3.63) is 29.3 Å². The lowest BCUT2D eigenvalue weighted by molar-refractivity contribution is 0.0287. The Balaban J connectivity index is 1.86. The van der Waals surface area contributed by atoms with E-state index in [9.17, 15) is 15.0 Å². The van der Waals surface area contributed by atoms with Gasteiger partial charge in [0.1, 0.15) is 5.75 Å². The van der Waals surface area contributed by atoms with Gasteiger partial charge in [-0.15, -0.1) is 0 Å². The second-order valence-corrected chi connectivity index (χ2v) is 5.72. The molecule has 0 radical (unpaired) electrons. The molecule has 4 nitrogen and oxygen atoms in total. The van der Waals surface area contributed by atoms with Gasteiger partial charge in [-0.25, -0.2) is 0 Å². The summed E-state index contributed by atoms with van der Waals surface area (Å²) in [5.41, 5.74) is 1.35. The number of aliphatic hydroxyl groups excluding tert-OH is 1. The summed E-state index contributed by atoms with van der Waals surface area (Å²) < 4.78 is 0. The highest BCUT2D eigenvalue weighted by molar-refractivity contribution is 5.95. The summed E-state index contributed by atoms with van der Waals surface area (Å²) in [6, 6.07) is 5.34. The SMILES string of the molecule is Cc1cc(C(=O)N2C3CCC2CC(O)C3)ccc1O. The molecule has 0 saturated carbocycles. The maximum atomic E-state index is 12.6. The molecule has 2 heterocycles. The predicted octanol–water partition coefficient (Wildman–Crippen LogP) is 1.83. The van der Waals surface area contributed by atoms with E-state index in [1.807, 2.05) is 4.90 Å². The zero-order valence-electron chi connectivity index (χ0n) is 11.0. The van der Waals surface area contributed by atoms with E-state index in [1.165, 1.54) is 0 Å². The summed E-state index contributed by atoms with van der Waals surface area (Å²) in [5, 5.41) is 19.3. The number of nitrogens with zero attached hydrogens (tertiary/aromatic N) is 1. The molecule has 2 aliphatic heterocycles. The van der Waals surface area contributed by atoms with Gasteiger partial charge in [-0.05, 0) is 56.4 Å². The molecule has 0 spiro atoms. The van der Waals surface area contributed by atoms with Crippen molar-refractivity contribution in [1.29, 1.82) is 0 Å². The monoisotopic (exact) mass is 261 g/mol. The van der Waals surface area contributed by atoms with Crippen LogP contribution in [0.1, 0.15) is 41.6 Å². The number of carbonyl (C=O) groups is 1. The zero-order chi connectivity index (χ0) is 13.6. The van der Waals surface area contributed by atoms with Crippen LogP contribution in [-0.4, -0.2) is 39.2 Å². The molecule has 102 valence electrons. The van der Waals surface area contributed by atoms with Gasteiger partial charge >= 0.3 is 0 Å². The summed E-state index contributed by atoms with van der Waals surface area (Å²) in [4.78, 5) is 14.5. The molecule has 2 fully saturated rings. The number of phenolic OH excluding ortho intramolecular Hbond substituents is 1. The number of hydrogen-bond acceptors (Lipinski definition) is 3. The van der Waals surface area contributed by atoms with Crippen molar-refractivity contribution in [2.75, 3.05) is 0 Å². The van der Waals surface area contributed by atoms with Gasteiger partial charge in [0.05, 0.1) is 6.10 Å². The third-order valence-corrected chi connectivity index (χ3v) is 4.39. The minimum absolute atomic E-state index is 0.0301. The molecule has 0 aromatic heterocycles. The van der Waals surface area contributed by atoms with Gasteiger partial charge < -0.3 is 15.1 Å². The maximum absolute atomic E-state index is 12.6. The number of aryl methyl sites for hydroxylation is 1. The summed E-state index contributed by atoms with van der Waals surface area (Å²) in [5.74, 6) is 0.246.